The van der Waals surface area contributed by atoms with E-state index in [1.807, 2.05) is 4.90 Å². The fraction of sp³-hybridized carbons (Fsp3) is 0.238. The summed E-state index contributed by atoms with van der Waals surface area (Å²) in [6, 6.07) is 9.36. The first-order chi connectivity index (χ1) is 13.5. The van der Waals surface area contributed by atoms with E-state index in [1.165, 1.54) is 12.1 Å². The molecule has 4 nitrogen and oxygen atoms in total. The molecule has 7 heteroatoms. The van der Waals surface area contributed by atoms with Gasteiger partial charge in [-0.05, 0) is 55.7 Å². The number of hydrogen-bond acceptors (Lipinski definition) is 3. The minimum atomic E-state index is -0.401. The molecule has 0 bridgehead atoms. The van der Waals surface area contributed by atoms with Crippen molar-refractivity contribution in [3.8, 4) is 0 Å². The summed E-state index contributed by atoms with van der Waals surface area (Å²) >= 11 is 12.3. The summed E-state index contributed by atoms with van der Waals surface area (Å²) in [4.78, 5) is 19.4. The minimum absolute atomic E-state index is 0.119. The number of aromatic nitrogens is 1. The molecule has 4 rings (SSSR count). The molecule has 1 aromatic heterocycles. The van der Waals surface area contributed by atoms with Crippen LogP contribution in [0.15, 0.2) is 42.6 Å². The topological polar surface area (TPSA) is 45.2 Å². The van der Waals surface area contributed by atoms with Crippen molar-refractivity contribution in [3.63, 3.8) is 0 Å². The number of halogens is 3. The van der Waals surface area contributed by atoms with Crippen LogP contribution in [0.1, 0.15) is 29.6 Å². The first-order valence-corrected chi connectivity index (χ1v) is 9.88. The van der Waals surface area contributed by atoms with Crippen molar-refractivity contribution in [2.24, 2.45) is 0 Å². The molecule has 1 aliphatic rings. The van der Waals surface area contributed by atoms with Crippen molar-refractivity contribution < 1.29 is 9.18 Å². The second kappa shape index (κ2) is 7.94. The lowest BCUT2D eigenvalue weighted by molar-refractivity contribution is 0.0725. The molecule has 2 heterocycles. The Balaban J connectivity index is 1.84. The van der Waals surface area contributed by atoms with Gasteiger partial charge in [0, 0.05) is 29.7 Å². The van der Waals surface area contributed by atoms with E-state index < -0.39 is 5.82 Å². The summed E-state index contributed by atoms with van der Waals surface area (Å²) in [6.45, 7) is 1.42. The van der Waals surface area contributed by atoms with Crippen LogP contribution >= 0.6 is 23.2 Å². The zero-order chi connectivity index (χ0) is 19.7. The van der Waals surface area contributed by atoms with Crippen LogP contribution < -0.4 is 5.32 Å². The number of carbonyl (C=O) groups is 1. The van der Waals surface area contributed by atoms with Crippen LogP contribution in [-0.2, 0) is 0 Å². The fourth-order valence-electron chi connectivity index (χ4n) is 3.45. The first-order valence-electron chi connectivity index (χ1n) is 9.12. The predicted octanol–water partition coefficient (Wildman–Crippen LogP) is 6.05. The molecule has 2 aromatic carbocycles. The third kappa shape index (κ3) is 3.77. The summed E-state index contributed by atoms with van der Waals surface area (Å²) in [6.07, 6.45) is 4.63. The molecule has 0 spiro atoms. The van der Waals surface area contributed by atoms with E-state index in [0.29, 0.717) is 51.0 Å². The molecule has 0 radical (unpaired) electrons. The van der Waals surface area contributed by atoms with Crippen molar-refractivity contribution in [2.75, 3.05) is 18.4 Å². The highest BCUT2D eigenvalue weighted by Gasteiger charge is 2.23. The SMILES string of the molecule is O=C(c1cnc2ccc(F)cc2c1Nc1ccc(Cl)cc1Cl)N1CCCCC1. The highest BCUT2D eigenvalue weighted by Crippen LogP contribution is 2.34. The molecular formula is C21H18Cl2FN3O. The van der Waals surface area contributed by atoms with Crippen LogP contribution in [0.25, 0.3) is 10.9 Å². The molecule has 0 aliphatic carbocycles. The van der Waals surface area contributed by atoms with Crippen LogP contribution in [0.2, 0.25) is 10.0 Å². The van der Waals surface area contributed by atoms with Crippen LogP contribution in [0.5, 0.6) is 0 Å². The van der Waals surface area contributed by atoms with Crippen LogP contribution in [-0.4, -0.2) is 28.9 Å². The molecule has 1 N–H and O–H groups in total. The third-order valence-corrected chi connectivity index (χ3v) is 5.44. The van der Waals surface area contributed by atoms with Gasteiger partial charge < -0.3 is 10.2 Å². The quantitative estimate of drug-likeness (QED) is 0.563. The maximum absolute atomic E-state index is 14.0. The summed E-state index contributed by atoms with van der Waals surface area (Å²) in [5.74, 6) is -0.520. The highest BCUT2D eigenvalue weighted by atomic mass is 35.5. The number of piperidine rings is 1. The maximum atomic E-state index is 14.0. The molecule has 0 atom stereocenters. The molecule has 1 aliphatic heterocycles. The van der Waals surface area contributed by atoms with Gasteiger partial charge in [-0.1, -0.05) is 23.2 Å². The van der Waals surface area contributed by atoms with E-state index in [1.54, 1.807) is 30.5 Å². The fourth-order valence-corrected chi connectivity index (χ4v) is 3.91. The number of nitrogens with one attached hydrogen (secondary N) is 1. The van der Waals surface area contributed by atoms with Gasteiger partial charge >= 0.3 is 0 Å². The van der Waals surface area contributed by atoms with Crippen molar-refractivity contribution in [1.82, 2.24) is 9.88 Å². The van der Waals surface area contributed by atoms with Gasteiger partial charge in [-0.2, -0.15) is 0 Å². The van der Waals surface area contributed by atoms with E-state index in [9.17, 15) is 9.18 Å². The summed E-state index contributed by atoms with van der Waals surface area (Å²) < 4.78 is 14.0. The number of nitrogens with zero attached hydrogens (tertiary/aromatic N) is 2. The summed E-state index contributed by atoms with van der Waals surface area (Å²) in [5, 5.41) is 4.65. The highest BCUT2D eigenvalue weighted by molar-refractivity contribution is 6.36. The molecule has 1 fully saturated rings. The Kier molecular flexibility index (Phi) is 5.38. The van der Waals surface area contributed by atoms with E-state index >= 15 is 0 Å². The van der Waals surface area contributed by atoms with E-state index in [0.717, 1.165) is 19.3 Å². The average molecular weight is 418 g/mol. The Morgan fingerprint density at radius 1 is 1.07 bits per heavy atom. The van der Waals surface area contributed by atoms with Crippen LogP contribution in [0, 0.1) is 5.82 Å². The van der Waals surface area contributed by atoms with Crippen LogP contribution in [0.3, 0.4) is 0 Å². The van der Waals surface area contributed by atoms with Gasteiger partial charge in [-0.15, -0.1) is 0 Å². The van der Waals surface area contributed by atoms with Gasteiger partial charge in [-0.3, -0.25) is 9.78 Å². The maximum Gasteiger partial charge on any atom is 0.257 e. The van der Waals surface area contributed by atoms with Gasteiger partial charge in [0.25, 0.3) is 5.91 Å². The Morgan fingerprint density at radius 2 is 1.86 bits per heavy atom. The number of amides is 1. The molecule has 28 heavy (non-hydrogen) atoms. The average Bonchev–Trinajstić information content (AvgIpc) is 2.70. The van der Waals surface area contributed by atoms with E-state index in [4.69, 9.17) is 23.2 Å². The molecular weight excluding hydrogens is 400 g/mol. The summed E-state index contributed by atoms with van der Waals surface area (Å²) in [7, 11) is 0. The zero-order valence-electron chi connectivity index (χ0n) is 15.0. The minimum Gasteiger partial charge on any atom is -0.353 e. The van der Waals surface area contributed by atoms with Gasteiger partial charge in [0.2, 0.25) is 0 Å². The molecule has 0 saturated carbocycles. The van der Waals surface area contributed by atoms with Crippen molar-refractivity contribution in [3.05, 3.63) is 64.0 Å². The Labute approximate surface area is 172 Å². The molecule has 0 unspecified atom stereocenters. The monoisotopic (exact) mass is 417 g/mol. The number of fused-ring (bicyclic) bond motifs is 1. The first kappa shape index (κ1) is 19.0. The number of benzene rings is 2. The van der Waals surface area contributed by atoms with Crippen LogP contribution in [0.4, 0.5) is 15.8 Å². The lowest BCUT2D eigenvalue weighted by Gasteiger charge is -2.28. The molecule has 144 valence electrons. The molecule has 1 amide bonds. The lowest BCUT2D eigenvalue weighted by Crippen LogP contribution is -2.36. The number of pyridine rings is 1. The van der Waals surface area contributed by atoms with Gasteiger partial charge in [0.1, 0.15) is 5.82 Å². The van der Waals surface area contributed by atoms with E-state index in [-0.39, 0.29) is 5.91 Å². The second-order valence-corrected chi connectivity index (χ2v) is 7.65. The largest absolute Gasteiger partial charge is 0.353 e. The van der Waals surface area contributed by atoms with Gasteiger partial charge in [-0.25, -0.2) is 4.39 Å². The summed E-state index contributed by atoms with van der Waals surface area (Å²) in [5.41, 5.74) is 2.05. The Morgan fingerprint density at radius 3 is 2.61 bits per heavy atom. The van der Waals surface area contributed by atoms with Gasteiger partial charge in [0.15, 0.2) is 0 Å². The Hall–Kier alpha value is -2.37. The Bertz CT molecular complexity index is 1050. The number of likely N-dealkylation sites (tertiary alicyclic amines) is 1. The smallest absolute Gasteiger partial charge is 0.257 e. The third-order valence-electron chi connectivity index (χ3n) is 4.89. The lowest BCUT2D eigenvalue weighted by atomic mass is 10.1. The number of carbonyl (C=O) groups excluding carboxylic acids is 1. The standard InChI is InChI=1S/C21H18Cl2FN3O/c22-13-4-6-19(17(23)10-13)26-20-15-11-14(24)5-7-18(15)25-12-16(20)21(28)27-8-2-1-3-9-27/h4-7,10-12H,1-3,8-9H2,(H,25,26). The number of hydrogen-bond donors (Lipinski definition) is 1. The van der Waals surface area contributed by atoms with Crippen molar-refractivity contribution >= 4 is 51.4 Å². The number of rotatable bonds is 3. The predicted molar refractivity (Wildman–Crippen MR) is 111 cm³/mol. The second-order valence-electron chi connectivity index (χ2n) is 6.81. The zero-order valence-corrected chi connectivity index (χ0v) is 16.5. The van der Waals surface area contributed by atoms with Crippen molar-refractivity contribution in [2.45, 2.75) is 19.3 Å². The normalized spacial score (nSPS) is 14.3. The molecule has 1 saturated heterocycles. The molecule has 3 aromatic rings. The van der Waals surface area contributed by atoms with E-state index in [2.05, 4.69) is 10.3 Å². The van der Waals surface area contributed by atoms with Gasteiger partial charge in [0.05, 0.1) is 27.5 Å². The van der Waals surface area contributed by atoms with Crippen molar-refractivity contribution in [1.29, 1.82) is 0 Å². The number of anilines is 2.